The molecule has 0 saturated heterocycles. The number of rotatable bonds is 3. The zero-order valence-corrected chi connectivity index (χ0v) is 15.8. The molecule has 5 rings (SSSR count). The Kier molecular flexibility index (Phi) is 4.06. The maximum atomic E-state index is 12.9. The lowest BCUT2D eigenvalue weighted by atomic mass is 9.49. The van der Waals surface area contributed by atoms with E-state index in [1.54, 1.807) is 0 Å². The molecule has 2 amide bonds. The Morgan fingerprint density at radius 2 is 1.69 bits per heavy atom. The molecule has 2 N–H and O–H groups in total. The number of hydrazine groups is 1. The van der Waals surface area contributed by atoms with Crippen molar-refractivity contribution < 1.29 is 14.5 Å². The molecule has 8 heteroatoms. The Balaban J connectivity index is 1.41. The number of alkyl halides is 1. The number of non-ortho nitro benzene ring substituents is 1. The van der Waals surface area contributed by atoms with Gasteiger partial charge in [-0.3, -0.25) is 30.6 Å². The van der Waals surface area contributed by atoms with Gasteiger partial charge in [-0.15, -0.1) is 0 Å². The number of hydrogen-bond donors (Lipinski definition) is 2. The molecular weight excluding hydrogens is 402 g/mol. The summed E-state index contributed by atoms with van der Waals surface area (Å²) in [5.74, 6) is 0.552. The van der Waals surface area contributed by atoms with Crippen molar-refractivity contribution in [2.75, 3.05) is 0 Å². The minimum Gasteiger partial charge on any atom is -0.273 e. The lowest BCUT2D eigenvalue weighted by Crippen LogP contribution is -2.60. The van der Waals surface area contributed by atoms with E-state index in [1.807, 2.05) is 0 Å². The molecule has 138 valence electrons. The third-order valence-corrected chi connectivity index (χ3v) is 7.03. The monoisotopic (exact) mass is 421 g/mol. The van der Waals surface area contributed by atoms with Crippen molar-refractivity contribution >= 4 is 33.4 Å². The maximum absolute atomic E-state index is 12.9. The molecule has 4 bridgehead atoms. The Morgan fingerprint density at radius 1 is 1.08 bits per heavy atom. The van der Waals surface area contributed by atoms with Crippen LogP contribution in [0.2, 0.25) is 0 Å². The smallest absolute Gasteiger partial charge is 0.269 e. The van der Waals surface area contributed by atoms with Crippen molar-refractivity contribution in [1.29, 1.82) is 0 Å². The van der Waals surface area contributed by atoms with Gasteiger partial charge < -0.3 is 0 Å². The first kappa shape index (κ1) is 17.5. The molecule has 2 unspecified atom stereocenters. The molecule has 4 fully saturated rings. The number of nitro benzene ring substituents is 1. The SMILES string of the molecule is O=C(NNC(=O)C12CC3CC(CC(Br)(C3)C1)C2)c1ccc([N+](=O)[O-])cc1. The number of benzene rings is 1. The largest absolute Gasteiger partial charge is 0.273 e. The Labute approximate surface area is 159 Å². The van der Waals surface area contributed by atoms with E-state index < -0.39 is 16.2 Å². The van der Waals surface area contributed by atoms with Crippen LogP contribution in [0.5, 0.6) is 0 Å². The Morgan fingerprint density at radius 3 is 2.23 bits per heavy atom. The van der Waals surface area contributed by atoms with Gasteiger partial charge in [0.15, 0.2) is 0 Å². The van der Waals surface area contributed by atoms with Crippen molar-refractivity contribution in [2.45, 2.75) is 42.8 Å². The molecule has 7 nitrogen and oxygen atoms in total. The summed E-state index contributed by atoms with van der Waals surface area (Å²) in [7, 11) is 0. The van der Waals surface area contributed by atoms with Crippen molar-refractivity contribution in [3.05, 3.63) is 39.9 Å². The van der Waals surface area contributed by atoms with E-state index in [-0.39, 0.29) is 21.5 Å². The van der Waals surface area contributed by atoms with Gasteiger partial charge in [-0.05, 0) is 62.5 Å². The fraction of sp³-hybridized carbons (Fsp3) is 0.556. The van der Waals surface area contributed by atoms with Crippen molar-refractivity contribution in [2.24, 2.45) is 17.3 Å². The van der Waals surface area contributed by atoms with E-state index in [0.29, 0.717) is 11.8 Å². The third-order valence-electron chi connectivity index (χ3n) is 6.10. The van der Waals surface area contributed by atoms with E-state index in [2.05, 4.69) is 26.8 Å². The van der Waals surface area contributed by atoms with Crippen LogP contribution in [0.3, 0.4) is 0 Å². The average Bonchev–Trinajstić information content (AvgIpc) is 2.57. The molecule has 4 aliphatic rings. The van der Waals surface area contributed by atoms with E-state index >= 15 is 0 Å². The van der Waals surface area contributed by atoms with Crippen LogP contribution < -0.4 is 10.9 Å². The predicted octanol–water partition coefficient (Wildman–Crippen LogP) is 3.09. The van der Waals surface area contributed by atoms with E-state index in [0.717, 1.165) is 32.1 Å². The van der Waals surface area contributed by atoms with Gasteiger partial charge in [-0.1, -0.05) is 15.9 Å². The summed E-state index contributed by atoms with van der Waals surface area (Å²) in [6.45, 7) is 0. The highest BCUT2D eigenvalue weighted by atomic mass is 79.9. The summed E-state index contributed by atoms with van der Waals surface area (Å²) >= 11 is 3.87. The molecule has 26 heavy (non-hydrogen) atoms. The van der Waals surface area contributed by atoms with Gasteiger partial charge in [0.2, 0.25) is 5.91 Å². The van der Waals surface area contributed by atoms with Crippen LogP contribution in [-0.4, -0.2) is 21.1 Å². The summed E-state index contributed by atoms with van der Waals surface area (Å²) < 4.78 is 0.0663. The van der Waals surface area contributed by atoms with Crippen LogP contribution in [0.25, 0.3) is 0 Å². The molecule has 4 aliphatic carbocycles. The van der Waals surface area contributed by atoms with Gasteiger partial charge in [0, 0.05) is 22.0 Å². The van der Waals surface area contributed by atoms with Gasteiger partial charge in [0.25, 0.3) is 11.6 Å². The number of amides is 2. The molecule has 1 aromatic carbocycles. The second kappa shape index (κ2) is 6.04. The van der Waals surface area contributed by atoms with Crippen molar-refractivity contribution in [3.63, 3.8) is 0 Å². The summed E-state index contributed by atoms with van der Waals surface area (Å²) in [6, 6.07) is 5.28. The van der Waals surface area contributed by atoms with E-state index in [9.17, 15) is 19.7 Å². The van der Waals surface area contributed by atoms with Crippen LogP contribution in [0.15, 0.2) is 24.3 Å². The summed E-state index contributed by atoms with van der Waals surface area (Å²) in [4.78, 5) is 35.2. The third kappa shape index (κ3) is 3.00. The van der Waals surface area contributed by atoms with Crippen molar-refractivity contribution in [3.8, 4) is 0 Å². The maximum Gasteiger partial charge on any atom is 0.269 e. The Bertz CT molecular complexity index is 765. The Hall–Kier alpha value is -1.96. The van der Waals surface area contributed by atoms with Gasteiger partial charge in [0.05, 0.1) is 10.3 Å². The zero-order valence-electron chi connectivity index (χ0n) is 14.2. The molecule has 0 spiro atoms. The number of halogens is 1. The quantitative estimate of drug-likeness (QED) is 0.444. The van der Waals surface area contributed by atoms with Gasteiger partial charge >= 0.3 is 0 Å². The molecule has 4 saturated carbocycles. The van der Waals surface area contributed by atoms with Crippen LogP contribution in [-0.2, 0) is 4.79 Å². The second-order valence-electron chi connectivity index (χ2n) is 8.10. The molecule has 1 aromatic rings. The predicted molar refractivity (Wildman–Crippen MR) is 97.5 cm³/mol. The number of hydrogen-bond acceptors (Lipinski definition) is 4. The minimum atomic E-state index is -0.521. The van der Waals surface area contributed by atoms with Gasteiger partial charge in [0.1, 0.15) is 0 Å². The van der Waals surface area contributed by atoms with Gasteiger partial charge in [-0.25, -0.2) is 0 Å². The fourth-order valence-electron chi connectivity index (χ4n) is 5.47. The van der Waals surface area contributed by atoms with Crippen LogP contribution in [0, 0.1) is 27.4 Å². The van der Waals surface area contributed by atoms with Crippen LogP contribution in [0.4, 0.5) is 5.69 Å². The minimum absolute atomic E-state index is 0.0663. The topological polar surface area (TPSA) is 101 Å². The highest BCUT2D eigenvalue weighted by Crippen LogP contribution is 2.64. The zero-order chi connectivity index (χ0) is 18.5. The highest BCUT2D eigenvalue weighted by molar-refractivity contribution is 9.10. The standard InChI is InChI=1S/C18H20BrN3O4/c19-18-8-11-5-12(9-18)7-17(6-11,10-18)16(24)21-20-15(23)13-1-3-14(4-2-13)22(25)26/h1-4,11-12H,5-10H2,(H,20,23)(H,21,24). The van der Waals surface area contributed by atoms with Crippen molar-refractivity contribution in [1.82, 2.24) is 10.9 Å². The summed E-state index contributed by atoms with van der Waals surface area (Å²) in [6.07, 6.45) is 6.05. The van der Waals surface area contributed by atoms with Crippen LogP contribution >= 0.6 is 15.9 Å². The lowest BCUT2D eigenvalue weighted by molar-refractivity contribution is -0.384. The summed E-state index contributed by atoms with van der Waals surface area (Å²) in [5.41, 5.74) is 4.83. The van der Waals surface area contributed by atoms with Crippen LogP contribution in [0.1, 0.15) is 48.9 Å². The lowest BCUT2D eigenvalue weighted by Gasteiger charge is -2.59. The number of nitrogens with zero attached hydrogens (tertiary/aromatic N) is 1. The molecule has 0 aromatic heterocycles. The summed E-state index contributed by atoms with van der Waals surface area (Å²) in [5, 5.41) is 10.7. The second-order valence-corrected chi connectivity index (χ2v) is 9.79. The first-order chi connectivity index (χ1) is 12.3. The average molecular weight is 422 g/mol. The first-order valence-corrected chi connectivity index (χ1v) is 9.62. The first-order valence-electron chi connectivity index (χ1n) is 8.83. The molecule has 0 heterocycles. The number of nitro groups is 1. The molecule has 0 radical (unpaired) electrons. The molecule has 0 aliphatic heterocycles. The van der Waals surface area contributed by atoms with Gasteiger partial charge in [-0.2, -0.15) is 0 Å². The number of carbonyl (C=O) groups is 2. The highest BCUT2D eigenvalue weighted by Gasteiger charge is 2.59. The molecular formula is C18H20BrN3O4. The van der Waals surface area contributed by atoms with E-state index in [4.69, 9.17) is 0 Å². The molecule has 2 atom stereocenters. The normalized spacial score (nSPS) is 34.3. The number of carbonyl (C=O) groups excluding carboxylic acids is 2. The van der Waals surface area contributed by atoms with E-state index in [1.165, 1.54) is 30.7 Å². The number of nitrogens with one attached hydrogen (secondary N) is 2. The fourth-order valence-corrected chi connectivity index (χ4v) is 6.92.